The third-order valence-electron chi connectivity index (χ3n) is 3.54. The molecule has 0 aromatic heterocycles. The van der Waals surface area contributed by atoms with Crippen molar-refractivity contribution in [2.24, 2.45) is 5.73 Å². The van der Waals surface area contributed by atoms with E-state index in [9.17, 15) is 19.2 Å². The van der Waals surface area contributed by atoms with E-state index >= 15 is 0 Å². The summed E-state index contributed by atoms with van der Waals surface area (Å²) in [6.45, 7) is 0.950. The maximum Gasteiger partial charge on any atom is 0.328 e. The van der Waals surface area contributed by atoms with Crippen LogP contribution in [0.15, 0.2) is 54.6 Å². The van der Waals surface area contributed by atoms with Crippen LogP contribution in [0.5, 0.6) is 0 Å². The highest BCUT2D eigenvalue weighted by atomic mass is 16.5. The van der Waals surface area contributed by atoms with E-state index in [1.165, 1.54) is 31.2 Å². The number of hydrogen-bond acceptors (Lipinski definition) is 5. The molecule has 0 bridgehead atoms. The fourth-order valence-corrected chi connectivity index (χ4v) is 2.11. The Morgan fingerprint density at radius 2 is 1.59 bits per heavy atom. The fourth-order valence-electron chi connectivity index (χ4n) is 2.11. The Bertz CT molecular complexity index is 834. The predicted molar refractivity (Wildman–Crippen MR) is 97.9 cm³/mol. The number of amides is 3. The zero-order valence-electron chi connectivity index (χ0n) is 14.6. The van der Waals surface area contributed by atoms with Crippen LogP contribution < -0.4 is 16.4 Å². The topological polar surface area (TPSA) is 128 Å². The number of esters is 1. The van der Waals surface area contributed by atoms with Crippen molar-refractivity contribution < 1.29 is 23.9 Å². The monoisotopic (exact) mass is 369 g/mol. The normalized spacial score (nSPS) is 11.1. The van der Waals surface area contributed by atoms with Crippen molar-refractivity contribution in [1.82, 2.24) is 5.32 Å². The van der Waals surface area contributed by atoms with E-state index in [-0.39, 0.29) is 0 Å². The summed E-state index contributed by atoms with van der Waals surface area (Å²) in [6, 6.07) is 13.4. The zero-order valence-corrected chi connectivity index (χ0v) is 14.6. The number of anilines is 1. The van der Waals surface area contributed by atoms with Crippen molar-refractivity contribution in [3.05, 3.63) is 65.7 Å². The Kier molecular flexibility index (Phi) is 6.65. The molecular weight excluding hydrogens is 350 g/mol. The van der Waals surface area contributed by atoms with Crippen LogP contribution in [0.1, 0.15) is 27.6 Å². The van der Waals surface area contributed by atoms with E-state index in [4.69, 9.17) is 10.5 Å². The van der Waals surface area contributed by atoms with Crippen LogP contribution >= 0.6 is 0 Å². The third kappa shape index (κ3) is 5.96. The highest BCUT2D eigenvalue weighted by Gasteiger charge is 2.19. The molecule has 2 aromatic rings. The minimum Gasteiger partial charge on any atom is -0.454 e. The molecule has 0 saturated carbocycles. The molecule has 0 fully saturated rings. The summed E-state index contributed by atoms with van der Waals surface area (Å²) in [4.78, 5) is 46.7. The van der Waals surface area contributed by atoms with E-state index < -0.39 is 36.3 Å². The minimum absolute atomic E-state index is 0.308. The Morgan fingerprint density at radius 1 is 0.963 bits per heavy atom. The van der Waals surface area contributed by atoms with Gasteiger partial charge in [-0.1, -0.05) is 18.2 Å². The third-order valence-corrected chi connectivity index (χ3v) is 3.54. The summed E-state index contributed by atoms with van der Waals surface area (Å²) in [5.41, 5.74) is 6.27. The second-order valence-corrected chi connectivity index (χ2v) is 5.66. The number of primary amides is 1. The second-order valence-electron chi connectivity index (χ2n) is 5.66. The molecule has 0 aliphatic carbocycles. The van der Waals surface area contributed by atoms with E-state index in [2.05, 4.69) is 10.6 Å². The summed E-state index contributed by atoms with van der Waals surface area (Å²) < 4.78 is 4.90. The first kappa shape index (κ1) is 19.6. The summed E-state index contributed by atoms with van der Waals surface area (Å²) in [5.74, 6) is -2.29. The molecule has 0 aliphatic rings. The van der Waals surface area contributed by atoms with Gasteiger partial charge in [0.15, 0.2) is 6.61 Å². The molecule has 2 rings (SSSR count). The quantitative estimate of drug-likeness (QED) is 0.630. The van der Waals surface area contributed by atoms with Crippen LogP contribution in [0, 0.1) is 0 Å². The van der Waals surface area contributed by atoms with Gasteiger partial charge in [0.05, 0.1) is 0 Å². The molecule has 0 unspecified atom stereocenters. The van der Waals surface area contributed by atoms with Gasteiger partial charge >= 0.3 is 5.97 Å². The van der Waals surface area contributed by atoms with Gasteiger partial charge in [0.1, 0.15) is 6.04 Å². The predicted octanol–water partition coefficient (Wildman–Crippen LogP) is 1.09. The lowest BCUT2D eigenvalue weighted by molar-refractivity contribution is -0.148. The molecule has 2 aromatic carbocycles. The average Bonchev–Trinajstić information content (AvgIpc) is 2.67. The van der Waals surface area contributed by atoms with Crippen LogP contribution in [0.3, 0.4) is 0 Å². The summed E-state index contributed by atoms with van der Waals surface area (Å²) in [6.07, 6.45) is 0. The number of ether oxygens (including phenoxy) is 1. The number of nitrogens with two attached hydrogens (primary N) is 1. The molecule has 8 nitrogen and oxygen atoms in total. The Labute approximate surface area is 155 Å². The van der Waals surface area contributed by atoms with Crippen LogP contribution in [-0.2, 0) is 14.3 Å². The average molecular weight is 369 g/mol. The van der Waals surface area contributed by atoms with Gasteiger partial charge in [0.2, 0.25) is 5.91 Å². The van der Waals surface area contributed by atoms with Gasteiger partial charge in [-0.05, 0) is 43.3 Å². The van der Waals surface area contributed by atoms with Crippen molar-refractivity contribution in [2.75, 3.05) is 11.9 Å². The molecule has 8 heteroatoms. The summed E-state index contributed by atoms with van der Waals surface area (Å²) in [5, 5.41) is 5.01. The maximum atomic E-state index is 12.0. The highest BCUT2D eigenvalue weighted by molar-refractivity contribution is 5.97. The lowest BCUT2D eigenvalue weighted by Crippen LogP contribution is -2.40. The molecule has 0 heterocycles. The van der Waals surface area contributed by atoms with Gasteiger partial charge in [-0.3, -0.25) is 14.4 Å². The lowest BCUT2D eigenvalue weighted by atomic mass is 10.2. The van der Waals surface area contributed by atoms with Crippen molar-refractivity contribution in [2.45, 2.75) is 13.0 Å². The Hall–Kier alpha value is -3.68. The molecule has 27 heavy (non-hydrogen) atoms. The number of carbonyl (C=O) groups is 4. The summed E-state index contributed by atoms with van der Waals surface area (Å²) >= 11 is 0. The second kappa shape index (κ2) is 9.14. The number of benzene rings is 2. The SMILES string of the molecule is C[C@@H](NC(=O)c1ccccc1)C(=O)OCC(=O)Nc1ccc(C(N)=O)cc1. The van der Waals surface area contributed by atoms with E-state index in [1.807, 2.05) is 0 Å². The molecule has 1 atom stereocenters. The molecule has 0 saturated heterocycles. The van der Waals surface area contributed by atoms with Gasteiger partial charge in [0.25, 0.3) is 11.8 Å². The van der Waals surface area contributed by atoms with Gasteiger partial charge in [-0.25, -0.2) is 4.79 Å². The van der Waals surface area contributed by atoms with Crippen LogP contribution in [0.4, 0.5) is 5.69 Å². The van der Waals surface area contributed by atoms with Crippen molar-refractivity contribution in [3.8, 4) is 0 Å². The Balaban J connectivity index is 1.79. The van der Waals surface area contributed by atoms with Crippen LogP contribution in [0.2, 0.25) is 0 Å². The molecule has 0 radical (unpaired) electrons. The largest absolute Gasteiger partial charge is 0.454 e. The van der Waals surface area contributed by atoms with Crippen LogP contribution in [0.25, 0.3) is 0 Å². The smallest absolute Gasteiger partial charge is 0.328 e. The molecule has 140 valence electrons. The van der Waals surface area contributed by atoms with E-state index in [0.717, 1.165) is 0 Å². The van der Waals surface area contributed by atoms with Gasteiger partial charge in [0, 0.05) is 16.8 Å². The Morgan fingerprint density at radius 3 is 2.19 bits per heavy atom. The molecule has 0 spiro atoms. The minimum atomic E-state index is -0.916. The van der Waals surface area contributed by atoms with Gasteiger partial charge in [-0.2, -0.15) is 0 Å². The van der Waals surface area contributed by atoms with Crippen molar-refractivity contribution in [1.29, 1.82) is 0 Å². The number of carbonyl (C=O) groups excluding carboxylic acids is 4. The summed E-state index contributed by atoms with van der Waals surface area (Å²) in [7, 11) is 0. The first-order valence-corrected chi connectivity index (χ1v) is 8.09. The van der Waals surface area contributed by atoms with E-state index in [1.54, 1.807) is 30.3 Å². The molecule has 3 amide bonds. The van der Waals surface area contributed by atoms with E-state index in [0.29, 0.717) is 16.8 Å². The highest BCUT2D eigenvalue weighted by Crippen LogP contribution is 2.09. The first-order valence-electron chi connectivity index (χ1n) is 8.09. The lowest BCUT2D eigenvalue weighted by Gasteiger charge is -2.13. The number of hydrogen-bond donors (Lipinski definition) is 3. The van der Waals surface area contributed by atoms with Crippen molar-refractivity contribution in [3.63, 3.8) is 0 Å². The number of nitrogens with one attached hydrogen (secondary N) is 2. The molecular formula is C19H19N3O5. The van der Waals surface area contributed by atoms with Crippen molar-refractivity contribution >= 4 is 29.4 Å². The maximum absolute atomic E-state index is 12.0. The molecule has 4 N–H and O–H groups in total. The number of rotatable bonds is 7. The van der Waals surface area contributed by atoms with Gasteiger partial charge in [-0.15, -0.1) is 0 Å². The van der Waals surface area contributed by atoms with Crippen LogP contribution in [-0.4, -0.2) is 36.3 Å². The molecule has 0 aliphatic heterocycles. The first-order chi connectivity index (χ1) is 12.9. The zero-order chi connectivity index (χ0) is 19.8. The fraction of sp³-hybridized carbons (Fsp3) is 0.158. The standard InChI is InChI=1S/C19H19N3O5/c1-12(21-18(25)14-5-3-2-4-6-14)19(26)27-11-16(23)22-15-9-7-13(8-10-15)17(20)24/h2-10,12H,11H2,1H3,(H2,20,24)(H,21,25)(H,22,23)/t12-/m1/s1. The van der Waals surface area contributed by atoms with Gasteiger partial charge < -0.3 is 21.1 Å².